The van der Waals surface area contributed by atoms with Gasteiger partial charge in [-0.2, -0.15) is 0 Å². The van der Waals surface area contributed by atoms with Crippen LogP contribution >= 0.6 is 0 Å². The van der Waals surface area contributed by atoms with Crippen LogP contribution in [0.5, 0.6) is 0 Å². The minimum atomic E-state index is -3.22. The summed E-state index contributed by atoms with van der Waals surface area (Å²) in [6.07, 6.45) is 7.67. The first kappa shape index (κ1) is 20.6. The third kappa shape index (κ3) is 5.22. The summed E-state index contributed by atoms with van der Waals surface area (Å²) in [5.74, 6) is -0.119. The molecule has 0 unspecified atom stereocenters. The van der Waals surface area contributed by atoms with Gasteiger partial charge in [-0.15, -0.1) is 0 Å². The van der Waals surface area contributed by atoms with E-state index in [0.717, 1.165) is 12.8 Å². The maximum absolute atomic E-state index is 12.7. The van der Waals surface area contributed by atoms with Crippen LogP contribution in [-0.2, 0) is 25.8 Å². The van der Waals surface area contributed by atoms with Gasteiger partial charge in [-0.1, -0.05) is 54.6 Å². The molecule has 1 aliphatic rings. The van der Waals surface area contributed by atoms with Crippen LogP contribution in [0.3, 0.4) is 0 Å². The maximum Gasteiger partial charge on any atom is 0.306 e. The molecule has 0 bridgehead atoms. The quantitative estimate of drug-likeness (QED) is 0.354. The van der Waals surface area contributed by atoms with Crippen LogP contribution in [0.25, 0.3) is 10.8 Å². The number of esters is 1. The fourth-order valence-electron chi connectivity index (χ4n) is 4.13. The van der Waals surface area contributed by atoms with E-state index in [1.54, 1.807) is 0 Å². The highest BCUT2D eigenvalue weighted by Crippen LogP contribution is 2.38. The van der Waals surface area contributed by atoms with E-state index in [-0.39, 0.29) is 23.9 Å². The van der Waals surface area contributed by atoms with Crippen molar-refractivity contribution in [3.05, 3.63) is 60.2 Å². The minimum Gasteiger partial charge on any atom is -0.469 e. The van der Waals surface area contributed by atoms with Gasteiger partial charge in [-0.05, 0) is 48.4 Å². The van der Waals surface area contributed by atoms with E-state index in [9.17, 15) is 13.2 Å². The lowest BCUT2D eigenvalue weighted by atomic mass is 9.84. The van der Waals surface area contributed by atoms with E-state index in [1.165, 1.54) is 23.4 Å². The molecule has 5 heteroatoms. The molecule has 0 atom stereocenters. The molecule has 0 spiro atoms. The number of rotatable bonds is 9. The highest BCUT2D eigenvalue weighted by molar-refractivity contribution is 7.91. The Kier molecular flexibility index (Phi) is 6.55. The number of ether oxygens (including phenoxy) is 1. The number of carbonyl (C=O) groups is 1. The molecule has 4 nitrogen and oxygen atoms in total. The van der Waals surface area contributed by atoms with Gasteiger partial charge in [-0.3, -0.25) is 4.79 Å². The van der Waals surface area contributed by atoms with Crippen LogP contribution in [0.1, 0.15) is 37.7 Å². The number of allylic oxidation sites excluding steroid dienone is 2. The van der Waals surface area contributed by atoms with E-state index < -0.39 is 15.3 Å². The predicted molar refractivity (Wildman–Crippen MR) is 113 cm³/mol. The Balaban J connectivity index is 1.55. The number of benzene rings is 2. The number of carbonyl (C=O) groups excluding carboxylic acids is 1. The first-order valence-corrected chi connectivity index (χ1v) is 11.6. The lowest BCUT2D eigenvalue weighted by Gasteiger charge is -2.27. The zero-order valence-corrected chi connectivity index (χ0v) is 17.2. The Morgan fingerprint density at radius 1 is 1.04 bits per heavy atom. The summed E-state index contributed by atoms with van der Waals surface area (Å²) in [6.45, 7) is 0. The summed E-state index contributed by atoms with van der Waals surface area (Å²) in [5, 5.41) is 2.45. The standard InChI is InChI=1S/C23H28O4S/c1-27-22(24)17-23(14-5-6-15-23)18-28(25,26)16-7-4-10-20-12-8-11-19-9-2-3-13-21(19)20/h2-3,5-6,8-9,11-13H,4,7,10,14-18H2,1H3. The van der Waals surface area contributed by atoms with Crippen molar-refractivity contribution in [2.24, 2.45) is 5.41 Å². The summed E-state index contributed by atoms with van der Waals surface area (Å²) < 4.78 is 30.2. The van der Waals surface area contributed by atoms with Crippen LogP contribution in [-0.4, -0.2) is 33.0 Å². The fourth-order valence-corrected chi connectivity index (χ4v) is 6.19. The fraction of sp³-hybridized carbons (Fsp3) is 0.435. The largest absolute Gasteiger partial charge is 0.469 e. The van der Waals surface area contributed by atoms with Gasteiger partial charge in [0.25, 0.3) is 0 Å². The first-order chi connectivity index (χ1) is 13.4. The van der Waals surface area contributed by atoms with Gasteiger partial charge in [-0.25, -0.2) is 8.42 Å². The second-order valence-corrected chi connectivity index (χ2v) is 10.0. The van der Waals surface area contributed by atoms with Crippen molar-refractivity contribution in [3.8, 4) is 0 Å². The first-order valence-electron chi connectivity index (χ1n) is 9.82. The number of sulfone groups is 1. The van der Waals surface area contributed by atoms with Crippen molar-refractivity contribution < 1.29 is 17.9 Å². The molecule has 28 heavy (non-hydrogen) atoms. The molecule has 0 saturated carbocycles. The molecule has 0 amide bonds. The van der Waals surface area contributed by atoms with Gasteiger partial charge in [0, 0.05) is 5.41 Å². The second kappa shape index (κ2) is 8.91. The van der Waals surface area contributed by atoms with Crippen molar-refractivity contribution in [2.45, 2.75) is 38.5 Å². The molecule has 0 aliphatic heterocycles. The summed E-state index contributed by atoms with van der Waals surface area (Å²) in [4.78, 5) is 11.7. The van der Waals surface area contributed by atoms with Gasteiger partial charge in [0.15, 0.2) is 9.84 Å². The number of fused-ring (bicyclic) bond motifs is 1. The second-order valence-electron chi connectivity index (χ2n) is 7.82. The molecule has 0 saturated heterocycles. The van der Waals surface area contributed by atoms with Gasteiger partial charge < -0.3 is 4.74 Å². The van der Waals surface area contributed by atoms with Crippen molar-refractivity contribution in [3.63, 3.8) is 0 Å². The lowest BCUT2D eigenvalue weighted by Crippen LogP contribution is -2.32. The molecule has 2 aromatic carbocycles. The van der Waals surface area contributed by atoms with Gasteiger partial charge in [0.05, 0.1) is 25.0 Å². The summed E-state index contributed by atoms with van der Waals surface area (Å²) in [6, 6.07) is 14.5. The zero-order valence-electron chi connectivity index (χ0n) is 16.4. The van der Waals surface area contributed by atoms with Crippen LogP contribution in [0, 0.1) is 5.41 Å². The molecule has 0 N–H and O–H groups in total. The number of methoxy groups -OCH3 is 1. The Labute approximate surface area is 167 Å². The highest BCUT2D eigenvalue weighted by atomic mass is 32.2. The zero-order chi connectivity index (χ0) is 20.0. The maximum atomic E-state index is 12.7. The number of hydrogen-bond donors (Lipinski definition) is 0. The molecule has 2 aromatic rings. The molecule has 0 radical (unpaired) electrons. The average molecular weight is 401 g/mol. The molecule has 3 rings (SSSR count). The van der Waals surface area contributed by atoms with E-state index in [2.05, 4.69) is 30.3 Å². The van der Waals surface area contributed by atoms with Gasteiger partial charge in [0.1, 0.15) is 0 Å². The van der Waals surface area contributed by atoms with Crippen molar-refractivity contribution in [1.29, 1.82) is 0 Å². The van der Waals surface area contributed by atoms with Crippen molar-refractivity contribution in [2.75, 3.05) is 18.6 Å². The average Bonchev–Trinajstić information content (AvgIpc) is 3.12. The van der Waals surface area contributed by atoms with Crippen molar-refractivity contribution >= 4 is 26.6 Å². The van der Waals surface area contributed by atoms with Gasteiger partial charge >= 0.3 is 5.97 Å². The number of aryl methyl sites for hydroxylation is 1. The van der Waals surface area contributed by atoms with E-state index in [4.69, 9.17) is 4.74 Å². The summed E-state index contributed by atoms with van der Waals surface area (Å²) >= 11 is 0. The van der Waals surface area contributed by atoms with E-state index in [1.807, 2.05) is 24.3 Å². The summed E-state index contributed by atoms with van der Waals surface area (Å²) in [7, 11) is -1.87. The topological polar surface area (TPSA) is 60.4 Å². The number of hydrogen-bond acceptors (Lipinski definition) is 4. The van der Waals surface area contributed by atoms with E-state index >= 15 is 0 Å². The molecular formula is C23H28O4S. The molecule has 150 valence electrons. The van der Waals surface area contributed by atoms with Gasteiger partial charge in [0.2, 0.25) is 0 Å². The minimum absolute atomic E-state index is 0.0520. The predicted octanol–water partition coefficient (Wildman–Crippen LogP) is 4.48. The monoisotopic (exact) mass is 400 g/mol. The molecule has 0 aromatic heterocycles. The highest BCUT2D eigenvalue weighted by Gasteiger charge is 2.38. The lowest BCUT2D eigenvalue weighted by molar-refractivity contribution is -0.142. The van der Waals surface area contributed by atoms with Crippen LogP contribution in [0.15, 0.2) is 54.6 Å². The smallest absolute Gasteiger partial charge is 0.306 e. The Bertz CT molecular complexity index is 946. The van der Waals surface area contributed by atoms with Crippen LogP contribution < -0.4 is 0 Å². The van der Waals surface area contributed by atoms with E-state index in [0.29, 0.717) is 19.3 Å². The Morgan fingerprint density at radius 2 is 1.75 bits per heavy atom. The molecular weight excluding hydrogens is 372 g/mol. The third-order valence-corrected chi connectivity index (χ3v) is 7.54. The molecule has 0 fully saturated rings. The van der Waals surface area contributed by atoms with Crippen molar-refractivity contribution in [1.82, 2.24) is 0 Å². The van der Waals surface area contributed by atoms with Crippen LogP contribution in [0.4, 0.5) is 0 Å². The summed E-state index contributed by atoms with van der Waals surface area (Å²) in [5.41, 5.74) is 0.735. The number of unbranched alkanes of at least 4 members (excludes halogenated alkanes) is 1. The SMILES string of the molecule is COC(=O)CC1(CS(=O)(=O)CCCCc2cccc3ccccc23)CC=CC1. The third-order valence-electron chi connectivity index (χ3n) is 5.57. The Hall–Kier alpha value is -2.14. The normalized spacial score (nSPS) is 15.8. The Morgan fingerprint density at radius 3 is 2.50 bits per heavy atom. The molecule has 0 heterocycles. The molecule has 1 aliphatic carbocycles. The van der Waals surface area contributed by atoms with Crippen LogP contribution in [0.2, 0.25) is 0 Å².